The Balaban J connectivity index is 3.48. The normalized spacial score (nSPS) is 9.84. The van der Waals surface area contributed by atoms with E-state index in [1.165, 1.54) is 6.07 Å². The molecule has 0 heterocycles. The van der Waals surface area contributed by atoms with Gasteiger partial charge in [0.15, 0.2) is 0 Å². The summed E-state index contributed by atoms with van der Waals surface area (Å²) in [5, 5.41) is 19.4. The standard InChI is InChI=1S/C10H6F2N2O5/c1-18-9(15)6-3-7(14(16)17)5(4-13)2-8(6)19-10(11)12/h2-3,10H,1H3. The molecule has 0 atom stereocenters. The molecule has 0 amide bonds. The number of nitro benzene ring substituents is 1. The van der Waals surface area contributed by atoms with Gasteiger partial charge in [0.2, 0.25) is 0 Å². The van der Waals surface area contributed by atoms with Gasteiger partial charge in [0.1, 0.15) is 22.9 Å². The van der Waals surface area contributed by atoms with E-state index < -0.39 is 40.1 Å². The first kappa shape index (κ1) is 14.3. The zero-order chi connectivity index (χ0) is 14.6. The van der Waals surface area contributed by atoms with Crippen LogP contribution < -0.4 is 4.74 Å². The van der Waals surface area contributed by atoms with Crippen LogP contribution in [0.4, 0.5) is 14.5 Å². The van der Waals surface area contributed by atoms with Crippen molar-refractivity contribution in [1.82, 2.24) is 0 Å². The maximum atomic E-state index is 12.2. The van der Waals surface area contributed by atoms with Crippen LogP contribution in [-0.4, -0.2) is 24.6 Å². The number of rotatable bonds is 4. The minimum Gasteiger partial charge on any atom is -0.465 e. The van der Waals surface area contributed by atoms with E-state index in [-0.39, 0.29) is 0 Å². The van der Waals surface area contributed by atoms with E-state index in [0.717, 1.165) is 7.11 Å². The van der Waals surface area contributed by atoms with Crippen molar-refractivity contribution in [3.63, 3.8) is 0 Å². The van der Waals surface area contributed by atoms with Crippen LogP contribution in [0.25, 0.3) is 0 Å². The van der Waals surface area contributed by atoms with Crippen molar-refractivity contribution in [2.75, 3.05) is 7.11 Å². The highest BCUT2D eigenvalue weighted by Gasteiger charge is 2.24. The number of carbonyl (C=O) groups is 1. The summed E-state index contributed by atoms with van der Waals surface area (Å²) in [5.74, 6) is -1.76. The van der Waals surface area contributed by atoms with Crippen molar-refractivity contribution in [1.29, 1.82) is 5.26 Å². The lowest BCUT2D eigenvalue weighted by Crippen LogP contribution is -2.10. The molecular formula is C10H6F2N2O5. The summed E-state index contributed by atoms with van der Waals surface area (Å²) in [4.78, 5) is 21.1. The molecule has 0 spiro atoms. The summed E-state index contributed by atoms with van der Waals surface area (Å²) in [7, 11) is 0.971. The second kappa shape index (κ2) is 5.72. The maximum absolute atomic E-state index is 12.2. The lowest BCUT2D eigenvalue weighted by atomic mass is 10.1. The molecule has 100 valence electrons. The summed E-state index contributed by atoms with van der Waals surface area (Å²) < 4.78 is 32.7. The van der Waals surface area contributed by atoms with Crippen LogP contribution in [-0.2, 0) is 4.74 Å². The van der Waals surface area contributed by atoms with Crippen molar-refractivity contribution in [3.05, 3.63) is 33.4 Å². The molecule has 0 radical (unpaired) electrons. The largest absolute Gasteiger partial charge is 0.465 e. The highest BCUT2D eigenvalue weighted by Crippen LogP contribution is 2.30. The van der Waals surface area contributed by atoms with Crippen LogP contribution in [0.3, 0.4) is 0 Å². The first-order valence-corrected chi connectivity index (χ1v) is 4.66. The Morgan fingerprint density at radius 1 is 1.53 bits per heavy atom. The second-order valence-corrected chi connectivity index (χ2v) is 3.10. The number of nitrogens with zero attached hydrogens (tertiary/aromatic N) is 2. The van der Waals surface area contributed by atoms with Crippen molar-refractivity contribution in [2.24, 2.45) is 0 Å². The molecule has 0 N–H and O–H groups in total. The maximum Gasteiger partial charge on any atom is 0.387 e. The van der Waals surface area contributed by atoms with Gasteiger partial charge in [-0.05, 0) is 0 Å². The Morgan fingerprint density at radius 2 is 2.16 bits per heavy atom. The molecule has 0 aliphatic carbocycles. The van der Waals surface area contributed by atoms with E-state index in [2.05, 4.69) is 9.47 Å². The Hall–Kier alpha value is -2.76. The fourth-order valence-corrected chi connectivity index (χ4v) is 1.27. The van der Waals surface area contributed by atoms with Gasteiger partial charge in [-0.15, -0.1) is 0 Å². The van der Waals surface area contributed by atoms with Crippen LogP contribution in [0, 0.1) is 21.4 Å². The number of benzene rings is 1. The number of nitriles is 1. The zero-order valence-electron chi connectivity index (χ0n) is 9.42. The lowest BCUT2D eigenvalue weighted by Gasteiger charge is -2.09. The number of alkyl halides is 2. The average molecular weight is 272 g/mol. The third-order valence-corrected chi connectivity index (χ3v) is 2.04. The zero-order valence-corrected chi connectivity index (χ0v) is 9.42. The SMILES string of the molecule is COC(=O)c1cc([N+](=O)[O-])c(C#N)cc1OC(F)F. The third kappa shape index (κ3) is 3.12. The Kier molecular flexibility index (Phi) is 4.31. The highest BCUT2D eigenvalue weighted by molar-refractivity contribution is 5.93. The van der Waals surface area contributed by atoms with Gasteiger partial charge in [-0.1, -0.05) is 0 Å². The van der Waals surface area contributed by atoms with Crippen molar-refractivity contribution >= 4 is 11.7 Å². The Morgan fingerprint density at radius 3 is 2.58 bits per heavy atom. The number of carbonyl (C=O) groups excluding carboxylic acids is 1. The van der Waals surface area contributed by atoms with E-state index >= 15 is 0 Å². The summed E-state index contributed by atoms with van der Waals surface area (Å²) >= 11 is 0. The number of halogens is 2. The van der Waals surface area contributed by atoms with E-state index in [1.54, 1.807) is 0 Å². The first-order chi connectivity index (χ1) is 8.90. The molecular weight excluding hydrogens is 266 g/mol. The van der Waals surface area contributed by atoms with Gasteiger partial charge in [0.05, 0.1) is 12.0 Å². The number of esters is 1. The highest BCUT2D eigenvalue weighted by atomic mass is 19.3. The smallest absolute Gasteiger partial charge is 0.387 e. The summed E-state index contributed by atoms with van der Waals surface area (Å²) in [6.45, 7) is -3.25. The van der Waals surface area contributed by atoms with Gasteiger partial charge < -0.3 is 9.47 Å². The fraction of sp³-hybridized carbons (Fsp3) is 0.200. The van der Waals surface area contributed by atoms with Gasteiger partial charge in [-0.2, -0.15) is 14.0 Å². The monoisotopic (exact) mass is 272 g/mol. The number of ether oxygens (including phenoxy) is 2. The second-order valence-electron chi connectivity index (χ2n) is 3.10. The first-order valence-electron chi connectivity index (χ1n) is 4.66. The quantitative estimate of drug-likeness (QED) is 0.470. The van der Waals surface area contributed by atoms with E-state index in [1.807, 2.05) is 0 Å². The summed E-state index contributed by atoms with van der Waals surface area (Å²) in [6.07, 6.45) is 0. The van der Waals surface area contributed by atoms with Crippen LogP contribution in [0.2, 0.25) is 0 Å². The van der Waals surface area contributed by atoms with E-state index in [0.29, 0.717) is 12.1 Å². The molecule has 0 unspecified atom stereocenters. The molecule has 0 saturated carbocycles. The number of hydrogen-bond donors (Lipinski definition) is 0. The van der Waals surface area contributed by atoms with E-state index in [4.69, 9.17) is 5.26 Å². The molecule has 1 aromatic carbocycles. The Labute approximate surface area is 105 Å². The molecule has 19 heavy (non-hydrogen) atoms. The van der Waals surface area contributed by atoms with Gasteiger partial charge in [0, 0.05) is 12.1 Å². The summed E-state index contributed by atoms with van der Waals surface area (Å²) in [5.41, 5.74) is -1.77. The Bertz CT molecular complexity index is 568. The number of hydrogen-bond acceptors (Lipinski definition) is 6. The van der Waals surface area contributed by atoms with E-state index in [9.17, 15) is 23.7 Å². The molecule has 7 nitrogen and oxygen atoms in total. The van der Waals surface area contributed by atoms with Crippen molar-refractivity contribution < 1.29 is 28.0 Å². The number of nitro groups is 1. The van der Waals surface area contributed by atoms with Crippen LogP contribution >= 0.6 is 0 Å². The fourth-order valence-electron chi connectivity index (χ4n) is 1.27. The summed E-state index contributed by atoms with van der Waals surface area (Å²) in [6, 6.07) is 2.80. The van der Waals surface area contributed by atoms with Crippen molar-refractivity contribution in [3.8, 4) is 11.8 Å². The van der Waals surface area contributed by atoms with Gasteiger partial charge in [-0.3, -0.25) is 10.1 Å². The molecule has 0 aliphatic heterocycles. The molecule has 0 fully saturated rings. The number of methoxy groups -OCH3 is 1. The minimum absolute atomic E-state index is 0.506. The van der Waals surface area contributed by atoms with Gasteiger partial charge in [0.25, 0.3) is 5.69 Å². The van der Waals surface area contributed by atoms with Gasteiger partial charge in [-0.25, -0.2) is 4.79 Å². The minimum atomic E-state index is -3.25. The predicted molar refractivity (Wildman–Crippen MR) is 55.8 cm³/mol. The molecule has 0 aromatic heterocycles. The third-order valence-electron chi connectivity index (χ3n) is 2.04. The molecule has 0 aliphatic rings. The molecule has 1 aromatic rings. The van der Waals surface area contributed by atoms with Crippen molar-refractivity contribution in [2.45, 2.75) is 6.61 Å². The molecule has 9 heteroatoms. The average Bonchev–Trinajstić information content (AvgIpc) is 2.36. The topological polar surface area (TPSA) is 102 Å². The van der Waals surface area contributed by atoms with Gasteiger partial charge >= 0.3 is 12.6 Å². The molecule has 0 bridgehead atoms. The van der Waals surface area contributed by atoms with Crippen LogP contribution in [0.15, 0.2) is 12.1 Å². The predicted octanol–water partition coefficient (Wildman–Crippen LogP) is 1.85. The van der Waals surface area contributed by atoms with Crippen LogP contribution in [0.1, 0.15) is 15.9 Å². The molecule has 0 saturated heterocycles. The van der Waals surface area contributed by atoms with Crippen LogP contribution in [0.5, 0.6) is 5.75 Å². The lowest BCUT2D eigenvalue weighted by molar-refractivity contribution is -0.385. The molecule has 1 rings (SSSR count).